The third-order valence-corrected chi connectivity index (χ3v) is 4.99. The number of likely N-dealkylation sites (N-methyl/N-ethyl adjacent to an activating group) is 1. The van der Waals surface area contributed by atoms with Gasteiger partial charge in [0.15, 0.2) is 5.96 Å². The fourth-order valence-electron chi connectivity index (χ4n) is 3.21. The second kappa shape index (κ2) is 12.6. The van der Waals surface area contributed by atoms with Gasteiger partial charge in [0.05, 0.1) is 5.56 Å². The van der Waals surface area contributed by atoms with Crippen molar-refractivity contribution in [2.75, 3.05) is 59.9 Å². The molecule has 2 N–H and O–H groups in total. The minimum atomic E-state index is -4.29. The van der Waals surface area contributed by atoms with Gasteiger partial charge in [-0.2, -0.15) is 13.2 Å². The van der Waals surface area contributed by atoms with Crippen molar-refractivity contribution in [3.8, 4) is 0 Å². The predicted octanol–water partition coefficient (Wildman–Crippen LogP) is 2.91. The molecule has 1 aromatic carbocycles. The first-order chi connectivity index (χ1) is 13.3. The maximum atomic E-state index is 12.6. The van der Waals surface area contributed by atoms with Gasteiger partial charge in [-0.05, 0) is 37.1 Å². The number of nitrogens with one attached hydrogen (secondary N) is 2. The molecule has 0 spiro atoms. The number of nitrogens with zero attached hydrogens (tertiary/aromatic N) is 3. The number of alkyl halides is 3. The van der Waals surface area contributed by atoms with Crippen LogP contribution in [0.25, 0.3) is 0 Å². The van der Waals surface area contributed by atoms with E-state index in [0.717, 1.165) is 62.9 Å². The summed E-state index contributed by atoms with van der Waals surface area (Å²) < 4.78 is 37.8. The monoisotopic (exact) mass is 527 g/mol. The van der Waals surface area contributed by atoms with Crippen molar-refractivity contribution in [3.05, 3.63) is 35.4 Å². The van der Waals surface area contributed by atoms with Gasteiger partial charge in [-0.25, -0.2) is 0 Å². The first-order valence-electron chi connectivity index (χ1n) is 9.79. The number of guanidine groups is 1. The van der Waals surface area contributed by atoms with E-state index < -0.39 is 11.7 Å². The highest BCUT2D eigenvalue weighted by Gasteiger charge is 2.29. The lowest BCUT2D eigenvalue weighted by molar-refractivity contribution is -0.137. The van der Waals surface area contributed by atoms with Crippen LogP contribution in [0.3, 0.4) is 0 Å². The van der Waals surface area contributed by atoms with E-state index in [2.05, 4.69) is 39.4 Å². The van der Waals surface area contributed by atoms with Gasteiger partial charge < -0.3 is 20.4 Å². The summed E-state index contributed by atoms with van der Waals surface area (Å²) in [4.78, 5) is 9.06. The summed E-state index contributed by atoms with van der Waals surface area (Å²) in [7, 11) is 3.88. The Morgan fingerprint density at radius 3 is 2.28 bits per heavy atom. The van der Waals surface area contributed by atoms with E-state index in [0.29, 0.717) is 18.9 Å². The van der Waals surface area contributed by atoms with Gasteiger partial charge in [0.1, 0.15) is 0 Å². The smallest absolute Gasteiger partial charge is 0.356 e. The molecule has 29 heavy (non-hydrogen) atoms. The molecule has 1 fully saturated rings. The van der Waals surface area contributed by atoms with Gasteiger partial charge in [-0.15, -0.1) is 24.0 Å². The predicted molar refractivity (Wildman–Crippen MR) is 123 cm³/mol. The molecule has 166 valence electrons. The van der Waals surface area contributed by atoms with Crippen LogP contribution in [-0.4, -0.2) is 75.7 Å². The zero-order chi connectivity index (χ0) is 20.6. The molecule has 1 aliphatic heterocycles. The number of benzene rings is 1. The van der Waals surface area contributed by atoms with Crippen LogP contribution in [0.4, 0.5) is 13.2 Å². The third kappa shape index (κ3) is 9.52. The largest absolute Gasteiger partial charge is 0.416 e. The molecular weight excluding hydrogens is 494 g/mol. The van der Waals surface area contributed by atoms with E-state index in [1.807, 2.05) is 0 Å². The van der Waals surface area contributed by atoms with Gasteiger partial charge >= 0.3 is 6.18 Å². The highest BCUT2D eigenvalue weighted by atomic mass is 127. The molecule has 1 heterocycles. The average Bonchev–Trinajstić information content (AvgIpc) is 2.66. The number of aliphatic imine (C=N–C) groups is 1. The van der Waals surface area contributed by atoms with E-state index in [1.54, 1.807) is 7.05 Å². The lowest BCUT2D eigenvalue weighted by atomic mass is 10.1. The summed E-state index contributed by atoms with van der Waals surface area (Å²) >= 11 is 0. The molecule has 1 saturated heterocycles. The fourth-order valence-corrected chi connectivity index (χ4v) is 3.21. The molecule has 0 amide bonds. The molecule has 2 rings (SSSR count). The van der Waals surface area contributed by atoms with Crippen molar-refractivity contribution < 1.29 is 13.2 Å². The average molecular weight is 527 g/mol. The zero-order valence-electron chi connectivity index (χ0n) is 17.4. The molecule has 0 radical (unpaired) electrons. The molecule has 9 heteroatoms. The minimum Gasteiger partial charge on any atom is -0.356 e. The molecule has 1 atom stereocenters. The maximum Gasteiger partial charge on any atom is 0.416 e. The fraction of sp³-hybridized carbons (Fsp3) is 0.650. The maximum absolute atomic E-state index is 12.6. The number of hydrogen-bond donors (Lipinski definition) is 2. The summed E-state index contributed by atoms with van der Waals surface area (Å²) in [6, 6.07) is 5.31. The second-order valence-corrected chi connectivity index (χ2v) is 7.53. The summed E-state index contributed by atoms with van der Waals surface area (Å²) in [5.41, 5.74) is 0.246. The summed E-state index contributed by atoms with van der Waals surface area (Å²) in [5, 5.41) is 6.56. The summed E-state index contributed by atoms with van der Waals surface area (Å²) in [6.45, 7) is 9.18. The van der Waals surface area contributed by atoms with E-state index in [9.17, 15) is 13.2 Å². The molecule has 0 bridgehead atoms. The van der Waals surface area contributed by atoms with Crippen LogP contribution in [-0.2, 0) is 12.6 Å². The number of piperazine rings is 1. The Labute approximate surface area is 189 Å². The van der Waals surface area contributed by atoms with Crippen molar-refractivity contribution in [3.63, 3.8) is 0 Å². The molecule has 1 unspecified atom stereocenters. The van der Waals surface area contributed by atoms with Crippen LogP contribution < -0.4 is 10.6 Å². The lowest BCUT2D eigenvalue weighted by Gasteiger charge is -2.34. The van der Waals surface area contributed by atoms with Gasteiger partial charge in [-0.1, -0.05) is 19.1 Å². The Bertz CT molecular complexity index is 614. The highest BCUT2D eigenvalue weighted by Crippen LogP contribution is 2.29. The van der Waals surface area contributed by atoms with Crippen molar-refractivity contribution in [2.24, 2.45) is 10.9 Å². The molecule has 0 saturated carbocycles. The van der Waals surface area contributed by atoms with Crippen molar-refractivity contribution in [2.45, 2.75) is 19.5 Å². The zero-order valence-corrected chi connectivity index (χ0v) is 19.8. The number of rotatable bonds is 7. The Hall–Kier alpha value is -1.07. The Kier molecular flexibility index (Phi) is 11.3. The minimum absolute atomic E-state index is 0. The van der Waals surface area contributed by atoms with Crippen LogP contribution in [0.5, 0.6) is 0 Å². The van der Waals surface area contributed by atoms with Gasteiger partial charge in [0.2, 0.25) is 0 Å². The van der Waals surface area contributed by atoms with Gasteiger partial charge in [-0.3, -0.25) is 4.99 Å². The first-order valence-corrected chi connectivity index (χ1v) is 9.79. The SMILES string of the molecule is CN=C(NCCc1ccc(C(F)(F)F)cc1)NCC(C)CN1CCN(C)CC1.I. The summed E-state index contributed by atoms with van der Waals surface area (Å²) in [5.74, 6) is 1.22. The molecular formula is C20H33F3IN5. The quantitative estimate of drug-likeness (QED) is 0.325. The van der Waals surface area contributed by atoms with Crippen LogP contribution in [0, 0.1) is 5.92 Å². The normalized spacial score (nSPS) is 17.5. The van der Waals surface area contributed by atoms with Crippen molar-refractivity contribution in [1.29, 1.82) is 0 Å². The molecule has 1 aliphatic rings. The van der Waals surface area contributed by atoms with Gasteiger partial charge in [0.25, 0.3) is 0 Å². The lowest BCUT2D eigenvalue weighted by Crippen LogP contribution is -2.47. The molecule has 0 aromatic heterocycles. The Morgan fingerprint density at radius 2 is 1.72 bits per heavy atom. The number of hydrogen-bond acceptors (Lipinski definition) is 3. The van der Waals surface area contributed by atoms with E-state index in [-0.39, 0.29) is 24.0 Å². The topological polar surface area (TPSA) is 42.9 Å². The van der Waals surface area contributed by atoms with E-state index in [1.165, 1.54) is 12.1 Å². The Balaban J connectivity index is 0.00000420. The second-order valence-electron chi connectivity index (χ2n) is 7.53. The molecule has 5 nitrogen and oxygen atoms in total. The van der Waals surface area contributed by atoms with Gasteiger partial charge in [0, 0.05) is 52.9 Å². The van der Waals surface area contributed by atoms with Crippen LogP contribution >= 0.6 is 24.0 Å². The van der Waals surface area contributed by atoms with Crippen LogP contribution in [0.15, 0.2) is 29.3 Å². The first kappa shape index (κ1) is 26.0. The standard InChI is InChI=1S/C20H32F3N5.HI/c1-16(15-28-12-10-27(3)11-13-28)14-26-19(24-2)25-9-8-17-4-6-18(7-5-17)20(21,22)23;/h4-7,16H,8-15H2,1-3H3,(H2,24,25,26);1H. The van der Waals surface area contributed by atoms with Crippen molar-refractivity contribution >= 4 is 29.9 Å². The van der Waals surface area contributed by atoms with E-state index in [4.69, 9.17) is 0 Å². The van der Waals surface area contributed by atoms with Crippen LogP contribution in [0.2, 0.25) is 0 Å². The number of halogens is 4. The third-order valence-electron chi connectivity index (χ3n) is 4.99. The van der Waals surface area contributed by atoms with E-state index >= 15 is 0 Å². The van der Waals surface area contributed by atoms with Crippen molar-refractivity contribution in [1.82, 2.24) is 20.4 Å². The van der Waals surface area contributed by atoms with Crippen LogP contribution in [0.1, 0.15) is 18.1 Å². The summed E-state index contributed by atoms with van der Waals surface area (Å²) in [6.07, 6.45) is -3.65. The highest BCUT2D eigenvalue weighted by molar-refractivity contribution is 14.0. The molecule has 1 aromatic rings. The molecule has 0 aliphatic carbocycles. The Morgan fingerprint density at radius 1 is 1.10 bits per heavy atom.